The maximum absolute atomic E-state index is 12.7. The highest BCUT2D eigenvalue weighted by Gasteiger charge is 2.10. The Hall–Kier alpha value is -0.930. The number of hydrogen-bond acceptors (Lipinski definition) is 2. The number of benzene rings is 1. The van der Waals surface area contributed by atoms with Gasteiger partial charge in [0.2, 0.25) is 0 Å². The Morgan fingerprint density at radius 1 is 1.33 bits per heavy atom. The lowest BCUT2D eigenvalue weighted by atomic mass is 10.0. The molecule has 0 unspecified atom stereocenters. The molecule has 1 aromatic rings. The summed E-state index contributed by atoms with van der Waals surface area (Å²) in [6, 6.07) is 5.75. The lowest BCUT2D eigenvalue weighted by Gasteiger charge is -2.15. The number of halogens is 1. The van der Waals surface area contributed by atoms with Crippen molar-refractivity contribution < 1.29 is 4.39 Å². The van der Waals surface area contributed by atoms with Crippen LogP contribution in [0.2, 0.25) is 0 Å². The Balaban J connectivity index is 2.88. The predicted molar refractivity (Wildman–Crippen MR) is 47.0 cm³/mol. The lowest BCUT2D eigenvalue weighted by molar-refractivity contribution is 0.576. The Morgan fingerprint density at radius 2 is 2.00 bits per heavy atom. The topological polar surface area (TPSA) is 52.0 Å². The molecular weight excluding hydrogens is 155 g/mol. The second-order valence-corrected chi connectivity index (χ2v) is 2.94. The highest BCUT2D eigenvalue weighted by Crippen LogP contribution is 2.13. The van der Waals surface area contributed by atoms with Gasteiger partial charge in [0.05, 0.1) is 0 Å². The zero-order valence-corrected chi connectivity index (χ0v) is 7.00. The van der Waals surface area contributed by atoms with E-state index in [0.717, 1.165) is 5.56 Å². The first-order valence-electron chi connectivity index (χ1n) is 3.88. The fourth-order valence-corrected chi connectivity index (χ4v) is 1.02. The van der Waals surface area contributed by atoms with Gasteiger partial charge in [-0.1, -0.05) is 12.1 Å². The van der Waals surface area contributed by atoms with Crippen LogP contribution in [0.1, 0.15) is 18.5 Å². The highest BCUT2D eigenvalue weighted by molar-refractivity contribution is 5.20. The van der Waals surface area contributed by atoms with E-state index in [2.05, 4.69) is 0 Å². The fourth-order valence-electron chi connectivity index (χ4n) is 1.02. The number of nitrogens with two attached hydrogens (primary N) is 2. The first kappa shape index (κ1) is 9.16. The smallest absolute Gasteiger partial charge is 0.123 e. The van der Waals surface area contributed by atoms with Crippen molar-refractivity contribution in [3.8, 4) is 0 Å². The third-order valence-electron chi connectivity index (χ3n) is 1.80. The molecule has 0 bridgehead atoms. The molecule has 3 heteroatoms. The van der Waals surface area contributed by atoms with Gasteiger partial charge in [-0.25, -0.2) is 4.39 Å². The second-order valence-electron chi connectivity index (χ2n) is 2.94. The van der Waals surface area contributed by atoms with Crippen LogP contribution < -0.4 is 11.5 Å². The molecule has 0 saturated heterocycles. The summed E-state index contributed by atoms with van der Waals surface area (Å²) in [5.41, 5.74) is 12.0. The van der Waals surface area contributed by atoms with Crippen LogP contribution in [0.4, 0.5) is 4.39 Å². The van der Waals surface area contributed by atoms with Gasteiger partial charge < -0.3 is 11.5 Å². The molecule has 1 rings (SSSR count). The van der Waals surface area contributed by atoms with Crippen LogP contribution in [0.15, 0.2) is 24.3 Å². The second kappa shape index (κ2) is 3.65. The van der Waals surface area contributed by atoms with E-state index < -0.39 is 0 Å². The molecule has 0 radical (unpaired) electrons. The summed E-state index contributed by atoms with van der Waals surface area (Å²) in [6.07, 6.45) is 0. The van der Waals surface area contributed by atoms with Crippen LogP contribution in [0.25, 0.3) is 0 Å². The molecule has 0 saturated carbocycles. The van der Waals surface area contributed by atoms with Crippen molar-refractivity contribution in [1.82, 2.24) is 0 Å². The molecule has 0 heterocycles. The molecule has 0 aromatic heterocycles. The standard InChI is InChI=1S/C9H13FN2/c1-6(11)9(12)7-3-2-4-8(10)5-7/h2-6,9H,11-12H2,1H3/t6-,9+/m0/s1. The molecule has 2 atom stereocenters. The van der Waals surface area contributed by atoms with Crippen molar-refractivity contribution in [2.45, 2.75) is 19.0 Å². The average Bonchev–Trinajstić information content (AvgIpc) is 2.03. The third-order valence-corrected chi connectivity index (χ3v) is 1.80. The summed E-state index contributed by atoms with van der Waals surface area (Å²) >= 11 is 0. The quantitative estimate of drug-likeness (QED) is 0.696. The van der Waals surface area contributed by atoms with E-state index in [1.165, 1.54) is 12.1 Å². The van der Waals surface area contributed by atoms with E-state index in [4.69, 9.17) is 11.5 Å². The molecule has 0 amide bonds. The van der Waals surface area contributed by atoms with Crippen molar-refractivity contribution in [3.05, 3.63) is 35.6 Å². The van der Waals surface area contributed by atoms with Gasteiger partial charge in [0, 0.05) is 12.1 Å². The molecule has 0 aliphatic heterocycles. The minimum atomic E-state index is -0.291. The maximum Gasteiger partial charge on any atom is 0.123 e. The van der Waals surface area contributed by atoms with Gasteiger partial charge in [-0.3, -0.25) is 0 Å². The van der Waals surface area contributed by atoms with Crippen LogP contribution in [0, 0.1) is 5.82 Å². The average molecular weight is 168 g/mol. The van der Waals surface area contributed by atoms with E-state index in [1.54, 1.807) is 19.1 Å². The monoisotopic (exact) mass is 168 g/mol. The highest BCUT2D eigenvalue weighted by atomic mass is 19.1. The number of rotatable bonds is 2. The van der Waals surface area contributed by atoms with E-state index in [0.29, 0.717) is 0 Å². The molecular formula is C9H13FN2. The Labute approximate surface area is 71.4 Å². The Kier molecular flexibility index (Phi) is 2.78. The van der Waals surface area contributed by atoms with Gasteiger partial charge in [-0.15, -0.1) is 0 Å². The fraction of sp³-hybridized carbons (Fsp3) is 0.333. The van der Waals surface area contributed by atoms with Crippen LogP contribution in [0.3, 0.4) is 0 Å². The molecule has 1 aromatic carbocycles. The molecule has 2 nitrogen and oxygen atoms in total. The molecule has 66 valence electrons. The van der Waals surface area contributed by atoms with E-state index in [-0.39, 0.29) is 17.9 Å². The Morgan fingerprint density at radius 3 is 2.50 bits per heavy atom. The largest absolute Gasteiger partial charge is 0.326 e. The molecule has 0 aliphatic carbocycles. The van der Waals surface area contributed by atoms with Gasteiger partial charge in [0.25, 0.3) is 0 Å². The van der Waals surface area contributed by atoms with E-state index in [1.807, 2.05) is 0 Å². The van der Waals surface area contributed by atoms with E-state index >= 15 is 0 Å². The summed E-state index contributed by atoms with van der Waals surface area (Å²) in [5.74, 6) is -0.274. The molecule has 0 fully saturated rings. The molecule has 0 spiro atoms. The van der Waals surface area contributed by atoms with Crippen molar-refractivity contribution >= 4 is 0 Å². The van der Waals surface area contributed by atoms with Gasteiger partial charge >= 0.3 is 0 Å². The number of hydrogen-bond donors (Lipinski definition) is 2. The van der Waals surface area contributed by atoms with Gasteiger partial charge in [-0.2, -0.15) is 0 Å². The third kappa shape index (κ3) is 2.03. The first-order chi connectivity index (χ1) is 5.61. The van der Waals surface area contributed by atoms with Crippen LogP contribution in [-0.2, 0) is 0 Å². The summed E-state index contributed by atoms with van der Waals surface area (Å²) in [5, 5.41) is 0. The van der Waals surface area contributed by atoms with Crippen molar-refractivity contribution in [1.29, 1.82) is 0 Å². The Bertz CT molecular complexity index is 260. The summed E-state index contributed by atoms with van der Waals surface area (Å²) < 4.78 is 12.7. The van der Waals surface area contributed by atoms with Crippen molar-refractivity contribution in [2.75, 3.05) is 0 Å². The van der Waals surface area contributed by atoms with Gasteiger partial charge in [0.1, 0.15) is 5.82 Å². The SMILES string of the molecule is C[C@H](N)[C@@H](N)c1cccc(F)c1. The summed E-state index contributed by atoms with van der Waals surface area (Å²) in [4.78, 5) is 0. The zero-order chi connectivity index (χ0) is 9.14. The molecule has 4 N–H and O–H groups in total. The molecule has 0 aliphatic rings. The first-order valence-corrected chi connectivity index (χ1v) is 3.88. The normalized spacial score (nSPS) is 15.7. The zero-order valence-electron chi connectivity index (χ0n) is 7.00. The van der Waals surface area contributed by atoms with Gasteiger partial charge in [0.15, 0.2) is 0 Å². The van der Waals surface area contributed by atoms with Crippen molar-refractivity contribution in [3.63, 3.8) is 0 Å². The minimum Gasteiger partial charge on any atom is -0.326 e. The van der Waals surface area contributed by atoms with Crippen LogP contribution in [0.5, 0.6) is 0 Å². The predicted octanol–water partition coefficient (Wildman–Crippen LogP) is 1.17. The summed E-state index contributed by atoms with van der Waals surface area (Å²) in [7, 11) is 0. The maximum atomic E-state index is 12.7. The van der Waals surface area contributed by atoms with Crippen LogP contribution >= 0.6 is 0 Å². The molecule has 12 heavy (non-hydrogen) atoms. The lowest BCUT2D eigenvalue weighted by Crippen LogP contribution is -2.31. The van der Waals surface area contributed by atoms with Gasteiger partial charge in [-0.05, 0) is 24.6 Å². The minimum absolute atomic E-state index is 0.160. The van der Waals surface area contributed by atoms with Crippen molar-refractivity contribution in [2.24, 2.45) is 11.5 Å². The van der Waals surface area contributed by atoms with Crippen LogP contribution in [-0.4, -0.2) is 6.04 Å². The summed E-state index contributed by atoms with van der Waals surface area (Å²) in [6.45, 7) is 1.80. The van der Waals surface area contributed by atoms with E-state index in [9.17, 15) is 4.39 Å².